The third-order valence-corrected chi connectivity index (χ3v) is 1.95. The zero-order valence-electron chi connectivity index (χ0n) is 8.50. The fraction of sp³-hybridized carbons (Fsp3) is 0.200. The predicted molar refractivity (Wildman–Crippen MR) is 49.5 cm³/mol. The molecule has 0 atom stereocenters. The fourth-order valence-electron chi connectivity index (χ4n) is 1.16. The lowest BCUT2D eigenvalue weighted by atomic mass is 10.0. The number of carbonyl (C=O) groups is 1. The van der Waals surface area contributed by atoms with Crippen LogP contribution in [0.2, 0.25) is 0 Å². The van der Waals surface area contributed by atoms with Gasteiger partial charge >= 0.3 is 12.3 Å². The third kappa shape index (κ3) is 3.11. The van der Waals surface area contributed by atoms with Crippen molar-refractivity contribution in [3.63, 3.8) is 0 Å². The van der Waals surface area contributed by atoms with Crippen LogP contribution in [0.25, 0.3) is 0 Å². The van der Waals surface area contributed by atoms with Gasteiger partial charge in [-0.2, -0.15) is 5.26 Å². The first kappa shape index (κ1) is 12.8. The monoisotopic (exact) mass is 245 g/mol. The molecule has 0 aliphatic carbocycles. The summed E-state index contributed by atoms with van der Waals surface area (Å²) in [6, 6.07) is 3.32. The van der Waals surface area contributed by atoms with E-state index in [1.54, 1.807) is 6.07 Å². The summed E-state index contributed by atoms with van der Waals surface area (Å²) in [6.45, 7) is 1.24. The number of hydrogen-bond acceptors (Lipinski definition) is 3. The maximum Gasteiger partial charge on any atom is 0.573 e. The average molecular weight is 245 g/mol. The minimum atomic E-state index is -4.94. The highest BCUT2D eigenvalue weighted by atomic mass is 19.4. The SMILES string of the molecule is Cc1c(C#N)cc(C(=O)O)cc1OC(F)(F)F. The van der Waals surface area contributed by atoms with E-state index >= 15 is 0 Å². The van der Waals surface area contributed by atoms with Crippen LogP contribution in [0.1, 0.15) is 21.5 Å². The lowest BCUT2D eigenvalue weighted by molar-refractivity contribution is -0.274. The summed E-state index contributed by atoms with van der Waals surface area (Å²) in [6.07, 6.45) is -4.94. The summed E-state index contributed by atoms with van der Waals surface area (Å²) in [5, 5.41) is 17.3. The van der Waals surface area contributed by atoms with Crippen molar-refractivity contribution in [2.24, 2.45) is 0 Å². The van der Waals surface area contributed by atoms with E-state index in [9.17, 15) is 18.0 Å². The molecule has 0 aliphatic rings. The average Bonchev–Trinajstić information content (AvgIpc) is 2.18. The highest BCUT2D eigenvalue weighted by Gasteiger charge is 2.32. The second-order valence-electron chi connectivity index (χ2n) is 3.11. The topological polar surface area (TPSA) is 70.3 Å². The second kappa shape index (κ2) is 4.33. The van der Waals surface area contributed by atoms with Gasteiger partial charge in [0.1, 0.15) is 5.75 Å². The molecule has 1 rings (SSSR count). The number of carboxylic acids is 1. The molecule has 7 heteroatoms. The Morgan fingerprint density at radius 3 is 2.47 bits per heavy atom. The standard InChI is InChI=1S/C10H6F3NO3/c1-5-7(4-14)2-6(9(15)16)3-8(5)17-10(11,12)13/h2-3H,1H3,(H,15,16). The van der Waals surface area contributed by atoms with Crippen LogP contribution in [0.3, 0.4) is 0 Å². The molecule has 17 heavy (non-hydrogen) atoms. The van der Waals surface area contributed by atoms with Crippen molar-refractivity contribution in [1.82, 2.24) is 0 Å². The largest absolute Gasteiger partial charge is 0.573 e. The highest BCUT2D eigenvalue weighted by molar-refractivity contribution is 5.89. The van der Waals surface area contributed by atoms with Crippen LogP contribution in [0, 0.1) is 18.3 Å². The van der Waals surface area contributed by atoms with Crippen LogP contribution in [0.15, 0.2) is 12.1 Å². The van der Waals surface area contributed by atoms with Gasteiger partial charge in [-0.15, -0.1) is 13.2 Å². The maximum atomic E-state index is 12.0. The quantitative estimate of drug-likeness (QED) is 0.868. The Hall–Kier alpha value is -2.23. The Morgan fingerprint density at radius 2 is 2.06 bits per heavy atom. The van der Waals surface area contributed by atoms with Gasteiger partial charge in [-0.25, -0.2) is 4.79 Å². The fourth-order valence-corrected chi connectivity index (χ4v) is 1.16. The number of hydrogen-bond donors (Lipinski definition) is 1. The molecular formula is C10H6F3NO3. The first-order chi connectivity index (χ1) is 7.74. The van der Waals surface area contributed by atoms with E-state index in [1.807, 2.05) is 0 Å². The minimum absolute atomic E-state index is 0.0603. The van der Waals surface area contributed by atoms with Crippen molar-refractivity contribution in [2.45, 2.75) is 13.3 Å². The Morgan fingerprint density at radius 1 is 1.47 bits per heavy atom. The number of ether oxygens (including phenoxy) is 1. The summed E-state index contributed by atoms with van der Waals surface area (Å²) in [5.74, 6) is -2.12. The van der Waals surface area contributed by atoms with Gasteiger partial charge in [0.05, 0.1) is 17.2 Å². The van der Waals surface area contributed by atoms with Crippen LogP contribution in [-0.4, -0.2) is 17.4 Å². The van der Waals surface area contributed by atoms with Crippen LogP contribution in [-0.2, 0) is 0 Å². The van der Waals surface area contributed by atoms with Gasteiger partial charge in [-0.3, -0.25) is 0 Å². The van der Waals surface area contributed by atoms with Crippen LogP contribution >= 0.6 is 0 Å². The third-order valence-electron chi connectivity index (χ3n) is 1.95. The molecule has 90 valence electrons. The van der Waals surface area contributed by atoms with Gasteiger partial charge in [0, 0.05) is 5.56 Å². The van der Waals surface area contributed by atoms with Crippen molar-refractivity contribution in [1.29, 1.82) is 5.26 Å². The molecule has 1 aromatic rings. The molecule has 0 heterocycles. The molecule has 0 radical (unpaired) electrons. The smallest absolute Gasteiger partial charge is 0.478 e. The van der Waals surface area contributed by atoms with Crippen molar-refractivity contribution < 1.29 is 27.8 Å². The number of benzene rings is 1. The molecule has 0 saturated carbocycles. The summed E-state index contributed by atoms with van der Waals surface area (Å²) in [5.41, 5.74) is -0.676. The Bertz CT molecular complexity index is 503. The first-order valence-electron chi connectivity index (χ1n) is 4.28. The Balaban J connectivity index is 3.34. The summed E-state index contributed by atoms with van der Waals surface area (Å²) < 4.78 is 39.8. The van der Waals surface area contributed by atoms with E-state index in [2.05, 4.69) is 4.74 Å². The summed E-state index contributed by atoms with van der Waals surface area (Å²) in [4.78, 5) is 10.7. The molecule has 0 spiro atoms. The number of rotatable bonds is 2. The van der Waals surface area contributed by atoms with E-state index in [1.165, 1.54) is 6.92 Å². The maximum absolute atomic E-state index is 12.0. The van der Waals surface area contributed by atoms with E-state index < -0.39 is 23.6 Å². The number of nitrogens with zero attached hydrogens (tertiary/aromatic N) is 1. The van der Waals surface area contributed by atoms with E-state index in [0.717, 1.165) is 12.1 Å². The number of carboxylic acid groups (broad SMARTS) is 1. The molecule has 0 saturated heterocycles. The number of halogens is 3. The van der Waals surface area contributed by atoms with Crippen molar-refractivity contribution in [3.05, 3.63) is 28.8 Å². The summed E-state index contributed by atoms with van der Waals surface area (Å²) in [7, 11) is 0. The Labute approximate surface area is 93.8 Å². The lowest BCUT2D eigenvalue weighted by Crippen LogP contribution is -2.18. The zero-order chi connectivity index (χ0) is 13.2. The summed E-state index contributed by atoms with van der Waals surface area (Å²) >= 11 is 0. The van der Waals surface area contributed by atoms with Crippen LogP contribution < -0.4 is 4.74 Å². The normalized spacial score (nSPS) is 10.8. The number of aromatic carboxylic acids is 1. The molecule has 4 nitrogen and oxygen atoms in total. The van der Waals surface area contributed by atoms with Crippen LogP contribution in [0.5, 0.6) is 5.75 Å². The van der Waals surface area contributed by atoms with Crippen molar-refractivity contribution in [3.8, 4) is 11.8 Å². The van der Waals surface area contributed by atoms with Gasteiger partial charge in [-0.1, -0.05) is 0 Å². The zero-order valence-corrected chi connectivity index (χ0v) is 8.50. The van der Waals surface area contributed by atoms with E-state index in [4.69, 9.17) is 10.4 Å². The molecule has 0 unspecified atom stereocenters. The number of nitriles is 1. The van der Waals surface area contributed by atoms with Gasteiger partial charge in [0.15, 0.2) is 0 Å². The van der Waals surface area contributed by atoms with Gasteiger partial charge in [0.25, 0.3) is 0 Å². The van der Waals surface area contributed by atoms with E-state index in [0.29, 0.717) is 0 Å². The molecule has 0 bridgehead atoms. The van der Waals surface area contributed by atoms with Crippen LogP contribution in [0.4, 0.5) is 13.2 Å². The lowest BCUT2D eigenvalue weighted by Gasteiger charge is -2.12. The molecule has 0 amide bonds. The van der Waals surface area contributed by atoms with Crippen molar-refractivity contribution in [2.75, 3.05) is 0 Å². The van der Waals surface area contributed by atoms with Crippen molar-refractivity contribution >= 4 is 5.97 Å². The van der Waals surface area contributed by atoms with Gasteiger partial charge in [-0.05, 0) is 19.1 Å². The second-order valence-corrected chi connectivity index (χ2v) is 3.11. The minimum Gasteiger partial charge on any atom is -0.478 e. The molecule has 1 aromatic carbocycles. The first-order valence-corrected chi connectivity index (χ1v) is 4.28. The molecule has 0 aliphatic heterocycles. The molecule has 0 aromatic heterocycles. The van der Waals surface area contributed by atoms with Gasteiger partial charge < -0.3 is 9.84 Å². The number of alkyl halides is 3. The van der Waals surface area contributed by atoms with Gasteiger partial charge in [0.2, 0.25) is 0 Å². The molecule has 1 N–H and O–H groups in total. The molecular weight excluding hydrogens is 239 g/mol. The highest BCUT2D eigenvalue weighted by Crippen LogP contribution is 2.29. The molecule has 0 fully saturated rings. The predicted octanol–water partition coefficient (Wildman–Crippen LogP) is 2.46. The van der Waals surface area contributed by atoms with E-state index in [-0.39, 0.29) is 11.1 Å². The Kier molecular flexibility index (Phi) is 3.27.